The van der Waals surface area contributed by atoms with Crippen LogP contribution in [0.3, 0.4) is 0 Å². The van der Waals surface area contributed by atoms with Crippen LogP contribution in [0.2, 0.25) is 0 Å². The lowest BCUT2D eigenvalue weighted by Gasteiger charge is -2.14. The van der Waals surface area contributed by atoms with Crippen LogP contribution in [0, 0.1) is 0 Å². The Kier molecular flexibility index (Phi) is 6.73. The molecular formula is C20H22N4OS2. The van der Waals surface area contributed by atoms with E-state index in [2.05, 4.69) is 16.0 Å². The highest BCUT2D eigenvalue weighted by Gasteiger charge is 2.35. The van der Waals surface area contributed by atoms with Gasteiger partial charge in [-0.2, -0.15) is 0 Å². The molecule has 27 heavy (non-hydrogen) atoms. The van der Waals surface area contributed by atoms with Gasteiger partial charge in [0.1, 0.15) is 6.04 Å². The molecule has 0 saturated carbocycles. The molecule has 0 aliphatic carbocycles. The van der Waals surface area contributed by atoms with Crippen molar-refractivity contribution >= 4 is 51.9 Å². The van der Waals surface area contributed by atoms with Crippen LogP contribution >= 0.6 is 24.4 Å². The van der Waals surface area contributed by atoms with Gasteiger partial charge in [-0.15, -0.1) is 0 Å². The second-order valence-corrected chi connectivity index (χ2v) is 7.05. The zero-order valence-electron chi connectivity index (χ0n) is 14.9. The van der Waals surface area contributed by atoms with Crippen LogP contribution in [0.4, 0.5) is 11.4 Å². The minimum absolute atomic E-state index is 0.0143. The molecule has 2 aromatic carbocycles. The summed E-state index contributed by atoms with van der Waals surface area (Å²) in [5.41, 5.74) is 1.77. The van der Waals surface area contributed by atoms with Crippen LogP contribution in [-0.2, 0) is 4.79 Å². The van der Waals surface area contributed by atoms with Crippen molar-refractivity contribution in [3.63, 3.8) is 0 Å². The SMILES string of the molecule is O=C1C(CCCCNC(=S)Nc2ccccc2)NC(=S)N1c1ccccc1. The fraction of sp³-hybridized carbons (Fsp3) is 0.250. The van der Waals surface area contributed by atoms with E-state index in [4.69, 9.17) is 24.4 Å². The average Bonchev–Trinajstić information content (AvgIpc) is 2.96. The summed E-state index contributed by atoms with van der Waals surface area (Å²) in [6.45, 7) is 0.756. The number of para-hydroxylation sites is 2. The molecule has 1 saturated heterocycles. The molecule has 1 atom stereocenters. The van der Waals surface area contributed by atoms with Crippen LogP contribution in [0.25, 0.3) is 0 Å². The highest BCUT2D eigenvalue weighted by atomic mass is 32.1. The van der Waals surface area contributed by atoms with Gasteiger partial charge in [-0.3, -0.25) is 9.69 Å². The average molecular weight is 399 g/mol. The molecule has 1 aliphatic heterocycles. The monoisotopic (exact) mass is 398 g/mol. The Morgan fingerprint density at radius 3 is 2.41 bits per heavy atom. The largest absolute Gasteiger partial charge is 0.362 e. The molecule has 1 heterocycles. The summed E-state index contributed by atoms with van der Waals surface area (Å²) in [5, 5.41) is 10.5. The third kappa shape index (κ3) is 5.24. The van der Waals surface area contributed by atoms with Crippen molar-refractivity contribution in [1.82, 2.24) is 10.6 Å². The summed E-state index contributed by atoms with van der Waals surface area (Å²) in [6, 6.07) is 19.0. The number of nitrogens with one attached hydrogen (secondary N) is 3. The highest BCUT2D eigenvalue weighted by molar-refractivity contribution is 7.80. The maximum atomic E-state index is 12.6. The Hall–Kier alpha value is -2.51. The number of rotatable bonds is 7. The molecule has 2 aromatic rings. The maximum absolute atomic E-state index is 12.6. The van der Waals surface area contributed by atoms with Gasteiger partial charge in [0.15, 0.2) is 10.2 Å². The smallest absolute Gasteiger partial charge is 0.255 e. The molecule has 0 bridgehead atoms. The van der Waals surface area contributed by atoms with E-state index in [-0.39, 0.29) is 11.9 Å². The first kappa shape index (κ1) is 19.3. The van der Waals surface area contributed by atoms with E-state index in [9.17, 15) is 4.79 Å². The van der Waals surface area contributed by atoms with Crippen LogP contribution in [0.5, 0.6) is 0 Å². The third-order valence-electron chi connectivity index (χ3n) is 4.27. The Labute approximate surface area is 170 Å². The molecule has 3 N–H and O–H groups in total. The Bertz CT molecular complexity index is 798. The molecule has 1 unspecified atom stereocenters. The van der Waals surface area contributed by atoms with Gasteiger partial charge in [-0.1, -0.05) is 36.4 Å². The van der Waals surface area contributed by atoms with Gasteiger partial charge in [0.2, 0.25) is 0 Å². The standard InChI is InChI=1S/C20H22N4OS2/c25-18-17(23-20(27)24(18)16-11-5-2-6-12-16)13-7-8-14-21-19(26)22-15-9-3-1-4-10-15/h1-6,9-12,17H,7-8,13-14H2,(H,23,27)(H2,21,22,26). The summed E-state index contributed by atoms with van der Waals surface area (Å²) < 4.78 is 0. The summed E-state index contributed by atoms with van der Waals surface area (Å²) >= 11 is 10.6. The van der Waals surface area contributed by atoms with E-state index in [0.29, 0.717) is 10.2 Å². The lowest BCUT2D eigenvalue weighted by atomic mass is 10.1. The second kappa shape index (κ2) is 9.43. The maximum Gasteiger partial charge on any atom is 0.255 e. The quantitative estimate of drug-likeness (QED) is 0.491. The van der Waals surface area contributed by atoms with E-state index in [0.717, 1.165) is 37.2 Å². The van der Waals surface area contributed by atoms with Crippen molar-refractivity contribution in [1.29, 1.82) is 0 Å². The van der Waals surface area contributed by atoms with Crippen LogP contribution in [-0.4, -0.2) is 28.7 Å². The first-order chi connectivity index (χ1) is 13.1. The Morgan fingerprint density at radius 2 is 1.70 bits per heavy atom. The number of hydrogen-bond donors (Lipinski definition) is 3. The topological polar surface area (TPSA) is 56.4 Å². The zero-order chi connectivity index (χ0) is 19.1. The molecule has 1 aliphatic rings. The van der Waals surface area contributed by atoms with E-state index < -0.39 is 0 Å². The fourth-order valence-electron chi connectivity index (χ4n) is 2.92. The molecule has 140 valence electrons. The number of carbonyl (C=O) groups excluding carboxylic acids is 1. The highest BCUT2D eigenvalue weighted by Crippen LogP contribution is 2.21. The van der Waals surface area contributed by atoms with Crippen LogP contribution in [0.15, 0.2) is 60.7 Å². The molecule has 1 amide bonds. The molecular weight excluding hydrogens is 376 g/mol. The van der Waals surface area contributed by atoms with Crippen molar-refractivity contribution < 1.29 is 4.79 Å². The lowest BCUT2D eigenvalue weighted by molar-refractivity contribution is -0.118. The van der Waals surface area contributed by atoms with Gasteiger partial charge < -0.3 is 16.0 Å². The Morgan fingerprint density at radius 1 is 1.04 bits per heavy atom. The van der Waals surface area contributed by atoms with Gasteiger partial charge in [0.25, 0.3) is 5.91 Å². The number of hydrogen-bond acceptors (Lipinski definition) is 3. The lowest BCUT2D eigenvalue weighted by Crippen LogP contribution is -2.31. The number of benzene rings is 2. The van der Waals surface area contributed by atoms with E-state index in [1.165, 1.54) is 0 Å². The molecule has 1 fully saturated rings. The number of anilines is 2. The molecule has 0 radical (unpaired) electrons. The minimum Gasteiger partial charge on any atom is -0.362 e. The zero-order valence-corrected chi connectivity index (χ0v) is 16.5. The number of amides is 1. The van der Waals surface area contributed by atoms with Crippen molar-refractivity contribution in [2.75, 3.05) is 16.8 Å². The normalized spacial score (nSPS) is 16.1. The molecule has 7 heteroatoms. The van der Waals surface area contributed by atoms with Gasteiger partial charge in [0.05, 0.1) is 5.69 Å². The molecule has 0 aromatic heterocycles. The van der Waals surface area contributed by atoms with E-state index in [1.54, 1.807) is 4.90 Å². The van der Waals surface area contributed by atoms with Gasteiger partial charge in [-0.05, 0) is 68.0 Å². The molecule has 0 spiro atoms. The van der Waals surface area contributed by atoms with Crippen molar-refractivity contribution in [2.45, 2.75) is 25.3 Å². The first-order valence-corrected chi connectivity index (χ1v) is 9.76. The number of thiocarbonyl (C=S) groups is 2. The Balaban J connectivity index is 1.38. The molecule has 5 nitrogen and oxygen atoms in total. The second-order valence-electron chi connectivity index (χ2n) is 6.25. The van der Waals surface area contributed by atoms with Gasteiger partial charge in [-0.25, -0.2) is 0 Å². The van der Waals surface area contributed by atoms with Crippen LogP contribution < -0.4 is 20.9 Å². The van der Waals surface area contributed by atoms with E-state index in [1.807, 2.05) is 60.7 Å². The summed E-state index contributed by atoms with van der Waals surface area (Å²) in [6.07, 6.45) is 2.55. The van der Waals surface area contributed by atoms with Crippen molar-refractivity contribution in [3.05, 3.63) is 60.7 Å². The summed E-state index contributed by atoms with van der Waals surface area (Å²) in [7, 11) is 0. The first-order valence-electron chi connectivity index (χ1n) is 8.94. The van der Waals surface area contributed by atoms with Crippen LogP contribution in [0.1, 0.15) is 19.3 Å². The predicted molar refractivity (Wildman–Crippen MR) is 118 cm³/mol. The minimum atomic E-state index is -0.257. The predicted octanol–water partition coefficient (Wildman–Crippen LogP) is 3.43. The number of nitrogens with zero attached hydrogens (tertiary/aromatic N) is 1. The molecule has 3 rings (SSSR count). The van der Waals surface area contributed by atoms with Crippen molar-refractivity contribution in [2.24, 2.45) is 0 Å². The summed E-state index contributed by atoms with van der Waals surface area (Å²) in [4.78, 5) is 14.2. The van der Waals surface area contributed by atoms with Gasteiger partial charge >= 0.3 is 0 Å². The van der Waals surface area contributed by atoms with E-state index >= 15 is 0 Å². The third-order valence-corrected chi connectivity index (χ3v) is 4.82. The van der Waals surface area contributed by atoms with Crippen molar-refractivity contribution in [3.8, 4) is 0 Å². The fourth-order valence-corrected chi connectivity index (χ4v) is 3.48. The summed E-state index contributed by atoms with van der Waals surface area (Å²) in [5.74, 6) is 0.0143. The van der Waals surface area contributed by atoms with Gasteiger partial charge in [0, 0.05) is 12.2 Å². The number of carbonyl (C=O) groups is 1. The number of unbranched alkanes of at least 4 members (excludes halogenated alkanes) is 1.